The number of nitrogens with zero attached hydrogens (tertiary/aromatic N) is 1. The maximum atomic E-state index is 12.1. The Balaban J connectivity index is 1.39. The first-order chi connectivity index (χ1) is 9.33. The zero-order chi connectivity index (χ0) is 13.1. The van der Waals surface area contributed by atoms with Gasteiger partial charge in [0.2, 0.25) is 5.91 Å². The van der Waals surface area contributed by atoms with Crippen molar-refractivity contribution < 1.29 is 4.79 Å². The highest BCUT2D eigenvalue weighted by molar-refractivity contribution is 5.76. The number of piperidine rings is 1. The number of amides is 1. The third-order valence-electron chi connectivity index (χ3n) is 5.08. The molecule has 0 aromatic rings. The van der Waals surface area contributed by atoms with Gasteiger partial charge in [-0.05, 0) is 51.6 Å². The molecule has 3 heterocycles. The smallest absolute Gasteiger partial charge is 0.220 e. The lowest BCUT2D eigenvalue weighted by molar-refractivity contribution is -0.122. The van der Waals surface area contributed by atoms with E-state index in [2.05, 4.69) is 15.5 Å². The molecule has 0 saturated carbocycles. The molecule has 108 valence electrons. The van der Waals surface area contributed by atoms with E-state index >= 15 is 0 Å². The molecule has 3 atom stereocenters. The SMILES string of the molecule is O=C(CCC1CCCCN1)NC1CCN2CCCC12. The molecule has 4 nitrogen and oxygen atoms in total. The number of hydrogen-bond acceptors (Lipinski definition) is 3. The molecule has 3 rings (SSSR count). The summed E-state index contributed by atoms with van der Waals surface area (Å²) in [5.41, 5.74) is 0. The van der Waals surface area contributed by atoms with Crippen LogP contribution in [0, 0.1) is 0 Å². The lowest BCUT2D eigenvalue weighted by Gasteiger charge is -2.24. The Kier molecular flexibility index (Phi) is 4.38. The van der Waals surface area contributed by atoms with Crippen molar-refractivity contribution in [2.75, 3.05) is 19.6 Å². The topological polar surface area (TPSA) is 44.4 Å². The van der Waals surface area contributed by atoms with Crippen LogP contribution >= 0.6 is 0 Å². The summed E-state index contributed by atoms with van der Waals surface area (Å²) in [4.78, 5) is 14.6. The van der Waals surface area contributed by atoms with E-state index in [1.807, 2.05) is 0 Å². The summed E-state index contributed by atoms with van der Waals surface area (Å²) in [6.07, 6.45) is 9.29. The van der Waals surface area contributed by atoms with Crippen molar-refractivity contribution in [3.05, 3.63) is 0 Å². The van der Waals surface area contributed by atoms with Crippen LogP contribution in [0.3, 0.4) is 0 Å². The third kappa shape index (κ3) is 3.29. The number of fused-ring (bicyclic) bond motifs is 1. The van der Waals surface area contributed by atoms with Crippen LogP contribution in [-0.2, 0) is 4.79 Å². The van der Waals surface area contributed by atoms with Crippen LogP contribution in [0.4, 0.5) is 0 Å². The number of carbonyl (C=O) groups excluding carboxylic acids is 1. The van der Waals surface area contributed by atoms with Crippen LogP contribution in [0.5, 0.6) is 0 Å². The summed E-state index contributed by atoms with van der Waals surface area (Å²) in [6, 6.07) is 1.64. The highest BCUT2D eigenvalue weighted by atomic mass is 16.1. The fourth-order valence-electron chi connectivity index (χ4n) is 4.01. The molecule has 1 amide bonds. The van der Waals surface area contributed by atoms with E-state index in [1.54, 1.807) is 0 Å². The molecule has 3 unspecified atom stereocenters. The van der Waals surface area contributed by atoms with E-state index in [0.29, 0.717) is 24.5 Å². The predicted molar refractivity (Wildman–Crippen MR) is 76.0 cm³/mol. The molecule has 19 heavy (non-hydrogen) atoms. The third-order valence-corrected chi connectivity index (χ3v) is 5.08. The summed E-state index contributed by atoms with van der Waals surface area (Å²) < 4.78 is 0. The molecule has 3 aliphatic heterocycles. The first kappa shape index (κ1) is 13.4. The number of nitrogens with one attached hydrogen (secondary N) is 2. The molecule has 3 aliphatic rings. The molecule has 0 aromatic carbocycles. The van der Waals surface area contributed by atoms with E-state index in [9.17, 15) is 4.79 Å². The van der Waals surface area contributed by atoms with Crippen molar-refractivity contribution in [2.24, 2.45) is 0 Å². The van der Waals surface area contributed by atoms with Crippen molar-refractivity contribution in [3.8, 4) is 0 Å². The van der Waals surface area contributed by atoms with Crippen molar-refractivity contribution in [1.82, 2.24) is 15.5 Å². The van der Waals surface area contributed by atoms with Crippen LogP contribution in [0.15, 0.2) is 0 Å². The van der Waals surface area contributed by atoms with Gasteiger partial charge in [-0.1, -0.05) is 6.42 Å². The molecule has 0 aromatic heterocycles. The van der Waals surface area contributed by atoms with E-state index < -0.39 is 0 Å². The minimum atomic E-state index is 0.270. The molecular formula is C15H27N3O. The van der Waals surface area contributed by atoms with Crippen molar-refractivity contribution in [2.45, 2.75) is 69.5 Å². The zero-order valence-electron chi connectivity index (χ0n) is 11.9. The summed E-state index contributed by atoms with van der Waals surface area (Å²) >= 11 is 0. The highest BCUT2D eigenvalue weighted by Gasteiger charge is 2.37. The van der Waals surface area contributed by atoms with Crippen LogP contribution in [0.2, 0.25) is 0 Å². The monoisotopic (exact) mass is 265 g/mol. The Morgan fingerprint density at radius 3 is 2.95 bits per heavy atom. The Morgan fingerprint density at radius 1 is 1.16 bits per heavy atom. The van der Waals surface area contributed by atoms with Crippen molar-refractivity contribution >= 4 is 5.91 Å². The molecular weight excluding hydrogens is 238 g/mol. The van der Waals surface area contributed by atoms with Crippen LogP contribution in [0.25, 0.3) is 0 Å². The quantitative estimate of drug-likeness (QED) is 0.804. The van der Waals surface area contributed by atoms with E-state index in [1.165, 1.54) is 45.2 Å². The first-order valence-electron chi connectivity index (χ1n) is 8.10. The van der Waals surface area contributed by atoms with Gasteiger partial charge in [0, 0.05) is 31.1 Å². The second-order valence-corrected chi connectivity index (χ2v) is 6.39. The van der Waals surface area contributed by atoms with Gasteiger partial charge in [-0.15, -0.1) is 0 Å². The van der Waals surface area contributed by atoms with Gasteiger partial charge in [-0.25, -0.2) is 0 Å². The number of rotatable bonds is 4. The standard InChI is InChI=1S/C15H27N3O/c19-15(7-6-12-4-1-2-9-16-12)17-13-8-11-18-10-3-5-14(13)18/h12-14,16H,1-11H2,(H,17,19). The fraction of sp³-hybridized carbons (Fsp3) is 0.933. The van der Waals surface area contributed by atoms with Gasteiger partial charge in [0.25, 0.3) is 0 Å². The Hall–Kier alpha value is -0.610. The largest absolute Gasteiger partial charge is 0.352 e. The van der Waals surface area contributed by atoms with Crippen molar-refractivity contribution in [1.29, 1.82) is 0 Å². The Bertz CT molecular complexity index is 315. The highest BCUT2D eigenvalue weighted by Crippen LogP contribution is 2.27. The lowest BCUT2D eigenvalue weighted by atomic mass is 10.00. The van der Waals surface area contributed by atoms with E-state index in [4.69, 9.17) is 0 Å². The summed E-state index contributed by atoms with van der Waals surface area (Å²) in [7, 11) is 0. The Labute approximate surface area is 116 Å². The summed E-state index contributed by atoms with van der Waals surface area (Å²) in [6.45, 7) is 3.55. The summed E-state index contributed by atoms with van der Waals surface area (Å²) in [5.74, 6) is 0.270. The van der Waals surface area contributed by atoms with Gasteiger partial charge in [0.05, 0.1) is 0 Å². The Morgan fingerprint density at radius 2 is 2.11 bits per heavy atom. The molecule has 0 spiro atoms. The molecule has 2 N–H and O–H groups in total. The van der Waals surface area contributed by atoms with Gasteiger partial charge in [-0.3, -0.25) is 9.69 Å². The lowest BCUT2D eigenvalue weighted by Crippen LogP contribution is -2.43. The van der Waals surface area contributed by atoms with Gasteiger partial charge >= 0.3 is 0 Å². The molecule has 4 heteroatoms. The van der Waals surface area contributed by atoms with Gasteiger partial charge < -0.3 is 10.6 Å². The fourth-order valence-corrected chi connectivity index (χ4v) is 4.01. The molecule has 0 aliphatic carbocycles. The second kappa shape index (κ2) is 6.23. The maximum Gasteiger partial charge on any atom is 0.220 e. The molecule has 0 bridgehead atoms. The first-order valence-corrected chi connectivity index (χ1v) is 8.10. The normalized spacial score (nSPS) is 35.3. The second-order valence-electron chi connectivity index (χ2n) is 6.39. The number of hydrogen-bond donors (Lipinski definition) is 2. The minimum absolute atomic E-state index is 0.270. The van der Waals surface area contributed by atoms with Gasteiger partial charge in [0.1, 0.15) is 0 Å². The van der Waals surface area contributed by atoms with E-state index in [0.717, 1.165) is 19.4 Å². The van der Waals surface area contributed by atoms with Gasteiger partial charge in [0.15, 0.2) is 0 Å². The maximum absolute atomic E-state index is 12.1. The van der Waals surface area contributed by atoms with E-state index in [-0.39, 0.29) is 5.91 Å². The molecule has 0 radical (unpaired) electrons. The van der Waals surface area contributed by atoms with Crippen LogP contribution < -0.4 is 10.6 Å². The van der Waals surface area contributed by atoms with Crippen LogP contribution in [-0.4, -0.2) is 48.6 Å². The predicted octanol–water partition coefficient (Wildman–Crippen LogP) is 1.26. The molecule has 3 saturated heterocycles. The summed E-state index contributed by atoms with van der Waals surface area (Å²) in [5, 5.41) is 6.80. The molecule has 3 fully saturated rings. The average molecular weight is 265 g/mol. The van der Waals surface area contributed by atoms with Gasteiger partial charge in [-0.2, -0.15) is 0 Å². The van der Waals surface area contributed by atoms with Crippen LogP contribution in [0.1, 0.15) is 51.4 Å². The zero-order valence-corrected chi connectivity index (χ0v) is 11.9. The number of carbonyl (C=O) groups is 1. The minimum Gasteiger partial charge on any atom is -0.352 e. The average Bonchev–Trinajstić information content (AvgIpc) is 3.03. The van der Waals surface area contributed by atoms with Crippen molar-refractivity contribution in [3.63, 3.8) is 0 Å².